The van der Waals surface area contributed by atoms with E-state index in [2.05, 4.69) is 18.3 Å². The monoisotopic (exact) mass is 289 g/mol. The van der Waals surface area contributed by atoms with Crippen molar-refractivity contribution in [2.45, 2.75) is 64.3 Å². The van der Waals surface area contributed by atoms with Crippen LogP contribution >= 0.6 is 0 Å². The molecule has 1 aromatic carbocycles. The first-order valence-electron chi connectivity index (χ1n) is 8.46. The molecule has 0 spiro atoms. The number of halogens is 1. The van der Waals surface area contributed by atoms with Gasteiger partial charge in [0.2, 0.25) is 0 Å². The van der Waals surface area contributed by atoms with Crippen molar-refractivity contribution in [3.63, 3.8) is 0 Å². The van der Waals surface area contributed by atoms with E-state index in [4.69, 9.17) is 0 Å². The molecule has 116 valence electrons. The molecule has 1 N–H and O–H groups in total. The molecule has 1 aromatic rings. The Morgan fingerprint density at radius 1 is 1.19 bits per heavy atom. The third kappa shape index (κ3) is 5.62. The van der Waals surface area contributed by atoms with Crippen LogP contribution in [0.5, 0.6) is 0 Å². The fourth-order valence-electron chi connectivity index (χ4n) is 3.09. The minimum atomic E-state index is -0.131. The zero-order valence-corrected chi connectivity index (χ0v) is 13.2. The van der Waals surface area contributed by atoms with Crippen LogP contribution in [0.4, 0.5) is 4.39 Å². The first kappa shape index (κ1) is 16.2. The Morgan fingerprint density at radius 2 is 2.05 bits per heavy atom. The van der Waals surface area contributed by atoms with E-state index in [0.717, 1.165) is 24.9 Å². The maximum Gasteiger partial charge on any atom is 0.123 e. The molecule has 2 rings (SSSR count). The van der Waals surface area contributed by atoms with E-state index in [9.17, 15) is 4.39 Å². The molecule has 1 aliphatic rings. The number of hydrogen-bond acceptors (Lipinski definition) is 1. The normalized spacial score (nSPS) is 20.2. The summed E-state index contributed by atoms with van der Waals surface area (Å²) < 4.78 is 13.4. The van der Waals surface area contributed by atoms with E-state index < -0.39 is 0 Å². The third-order valence-corrected chi connectivity index (χ3v) is 4.24. The van der Waals surface area contributed by atoms with Crippen LogP contribution in [0.15, 0.2) is 35.9 Å². The molecule has 0 saturated heterocycles. The maximum absolute atomic E-state index is 13.4. The van der Waals surface area contributed by atoms with Crippen LogP contribution in [0.25, 0.3) is 0 Å². The van der Waals surface area contributed by atoms with Gasteiger partial charge in [-0.15, -0.1) is 0 Å². The fraction of sp³-hybridized carbons (Fsp3) is 0.579. The lowest BCUT2D eigenvalue weighted by atomic mass is 9.91. The molecular weight excluding hydrogens is 261 g/mol. The molecule has 2 heteroatoms. The van der Waals surface area contributed by atoms with Gasteiger partial charge >= 0.3 is 0 Å². The topological polar surface area (TPSA) is 12.0 Å². The summed E-state index contributed by atoms with van der Waals surface area (Å²) in [5.74, 6) is -0.131. The summed E-state index contributed by atoms with van der Waals surface area (Å²) in [6, 6.07) is 7.41. The van der Waals surface area contributed by atoms with Crippen LogP contribution in [0.1, 0.15) is 57.4 Å². The van der Waals surface area contributed by atoms with Gasteiger partial charge in [-0.25, -0.2) is 4.39 Å². The van der Waals surface area contributed by atoms with Crippen molar-refractivity contribution in [2.24, 2.45) is 0 Å². The van der Waals surface area contributed by atoms with E-state index >= 15 is 0 Å². The summed E-state index contributed by atoms with van der Waals surface area (Å²) in [7, 11) is 0. The Kier molecular flexibility index (Phi) is 6.94. The van der Waals surface area contributed by atoms with Gasteiger partial charge in [0.25, 0.3) is 0 Å². The van der Waals surface area contributed by atoms with Crippen LogP contribution < -0.4 is 5.32 Å². The van der Waals surface area contributed by atoms with Gasteiger partial charge in [-0.05, 0) is 62.8 Å². The second-order valence-corrected chi connectivity index (χ2v) is 6.07. The number of nitrogens with one attached hydrogen (secondary N) is 1. The van der Waals surface area contributed by atoms with Crippen molar-refractivity contribution >= 4 is 0 Å². The fourth-order valence-corrected chi connectivity index (χ4v) is 3.09. The molecular formula is C19H28FN. The molecule has 1 aliphatic carbocycles. The highest BCUT2D eigenvalue weighted by atomic mass is 19.1. The summed E-state index contributed by atoms with van der Waals surface area (Å²) in [4.78, 5) is 0. The smallest absolute Gasteiger partial charge is 0.123 e. The largest absolute Gasteiger partial charge is 0.310 e. The molecule has 0 amide bonds. The van der Waals surface area contributed by atoms with Gasteiger partial charge in [0, 0.05) is 6.04 Å². The Labute approximate surface area is 128 Å². The van der Waals surface area contributed by atoms with Crippen LogP contribution in [-0.2, 0) is 6.42 Å². The van der Waals surface area contributed by atoms with Gasteiger partial charge in [-0.2, -0.15) is 0 Å². The van der Waals surface area contributed by atoms with E-state index in [1.165, 1.54) is 50.2 Å². The minimum absolute atomic E-state index is 0.131. The Morgan fingerprint density at radius 3 is 2.86 bits per heavy atom. The lowest BCUT2D eigenvalue weighted by molar-refractivity contribution is 0.521. The standard InChI is InChI=1S/C19H28FN/c1-2-13-21-19(15-16-9-8-12-18(20)14-16)17-10-6-4-3-5-7-11-17/h8-10,12,14,19,21H,2-7,11,13,15H2,1H3/b17-10+. The molecule has 1 nitrogen and oxygen atoms in total. The average molecular weight is 289 g/mol. The lowest BCUT2D eigenvalue weighted by Crippen LogP contribution is -2.34. The zero-order chi connectivity index (χ0) is 14.9. The van der Waals surface area contributed by atoms with Crippen LogP contribution in [0, 0.1) is 5.82 Å². The first-order chi connectivity index (χ1) is 10.3. The van der Waals surface area contributed by atoms with Gasteiger partial charge in [0.15, 0.2) is 0 Å². The molecule has 0 aromatic heterocycles. The number of hydrogen-bond donors (Lipinski definition) is 1. The Hall–Kier alpha value is -1.15. The predicted molar refractivity (Wildman–Crippen MR) is 88.0 cm³/mol. The van der Waals surface area contributed by atoms with Gasteiger partial charge in [0.1, 0.15) is 5.82 Å². The highest BCUT2D eigenvalue weighted by Crippen LogP contribution is 2.22. The molecule has 21 heavy (non-hydrogen) atoms. The molecule has 1 unspecified atom stereocenters. The Bertz CT molecular complexity index is 453. The molecule has 0 saturated carbocycles. The molecule has 1 atom stereocenters. The maximum atomic E-state index is 13.4. The summed E-state index contributed by atoms with van der Waals surface area (Å²) in [6.45, 7) is 3.22. The molecule has 0 heterocycles. The highest BCUT2D eigenvalue weighted by molar-refractivity contribution is 5.22. The van der Waals surface area contributed by atoms with E-state index in [1.807, 2.05) is 12.1 Å². The summed E-state index contributed by atoms with van der Waals surface area (Å²) >= 11 is 0. The second-order valence-electron chi connectivity index (χ2n) is 6.07. The zero-order valence-electron chi connectivity index (χ0n) is 13.2. The van der Waals surface area contributed by atoms with Gasteiger partial charge in [-0.3, -0.25) is 0 Å². The number of benzene rings is 1. The number of allylic oxidation sites excluding steroid dienone is 1. The van der Waals surface area contributed by atoms with Crippen LogP contribution in [0.2, 0.25) is 0 Å². The van der Waals surface area contributed by atoms with Crippen molar-refractivity contribution in [1.29, 1.82) is 0 Å². The molecule has 0 radical (unpaired) electrons. The third-order valence-electron chi connectivity index (χ3n) is 4.24. The minimum Gasteiger partial charge on any atom is -0.310 e. The number of rotatable bonds is 6. The van der Waals surface area contributed by atoms with E-state index in [0.29, 0.717) is 6.04 Å². The van der Waals surface area contributed by atoms with Crippen LogP contribution in [0.3, 0.4) is 0 Å². The van der Waals surface area contributed by atoms with Gasteiger partial charge in [-0.1, -0.05) is 43.5 Å². The van der Waals surface area contributed by atoms with Gasteiger partial charge < -0.3 is 5.32 Å². The van der Waals surface area contributed by atoms with Crippen molar-refractivity contribution in [2.75, 3.05) is 6.54 Å². The average Bonchev–Trinajstić information content (AvgIpc) is 2.43. The quantitative estimate of drug-likeness (QED) is 0.725. The van der Waals surface area contributed by atoms with E-state index in [1.54, 1.807) is 6.07 Å². The summed E-state index contributed by atoms with van der Waals surface area (Å²) in [5, 5.41) is 3.66. The van der Waals surface area contributed by atoms with Gasteiger partial charge in [0.05, 0.1) is 0 Å². The molecule has 0 bridgehead atoms. The van der Waals surface area contributed by atoms with Crippen molar-refractivity contribution in [1.82, 2.24) is 5.32 Å². The van der Waals surface area contributed by atoms with Crippen molar-refractivity contribution in [3.05, 3.63) is 47.3 Å². The lowest BCUT2D eigenvalue weighted by Gasteiger charge is -2.24. The van der Waals surface area contributed by atoms with Crippen molar-refractivity contribution < 1.29 is 4.39 Å². The van der Waals surface area contributed by atoms with E-state index in [-0.39, 0.29) is 5.82 Å². The highest BCUT2D eigenvalue weighted by Gasteiger charge is 2.15. The SMILES string of the molecule is CCCNC(Cc1cccc(F)c1)/C1=C/CCCCCC1. The first-order valence-corrected chi connectivity index (χ1v) is 8.46. The second kappa shape index (κ2) is 8.99. The van der Waals surface area contributed by atoms with Crippen LogP contribution in [-0.4, -0.2) is 12.6 Å². The summed E-state index contributed by atoms with van der Waals surface area (Å²) in [5.41, 5.74) is 2.62. The predicted octanol–water partition coefficient (Wildman–Crippen LogP) is 5.02. The Balaban J connectivity index is 2.08. The summed E-state index contributed by atoms with van der Waals surface area (Å²) in [6.07, 6.45) is 12.2. The van der Waals surface area contributed by atoms with Crippen molar-refractivity contribution in [3.8, 4) is 0 Å². The molecule has 0 fully saturated rings. The molecule has 0 aliphatic heterocycles.